The van der Waals surface area contributed by atoms with Gasteiger partial charge in [0.2, 0.25) is 0 Å². The molecule has 3 aliphatic rings. The topological polar surface area (TPSA) is 253 Å². The molecule has 1 unspecified atom stereocenters. The second-order valence-corrected chi connectivity index (χ2v) is 20.8. The van der Waals surface area contributed by atoms with E-state index in [-0.39, 0.29) is 73.4 Å². The number of sulfone groups is 2. The number of alkyl halides is 9. The highest BCUT2D eigenvalue weighted by Crippen LogP contribution is 2.38. The fourth-order valence-electron chi connectivity index (χ4n) is 7.28. The van der Waals surface area contributed by atoms with E-state index in [1.807, 2.05) is 0 Å². The summed E-state index contributed by atoms with van der Waals surface area (Å²) in [7, 11) is -8.42. The molecule has 0 bridgehead atoms. The fourth-order valence-corrected chi connectivity index (χ4v) is 11.0. The van der Waals surface area contributed by atoms with E-state index >= 15 is 0 Å². The van der Waals surface area contributed by atoms with E-state index in [1.165, 1.54) is 72.8 Å². The Kier molecular flexibility index (Phi) is 19.4. The summed E-state index contributed by atoms with van der Waals surface area (Å²) in [5.41, 5.74) is 4.13. The molecule has 2 aromatic heterocycles. The van der Waals surface area contributed by atoms with Gasteiger partial charge < -0.3 is 33.9 Å². The predicted octanol–water partition coefficient (Wildman–Crippen LogP) is 7.32. The Labute approximate surface area is 415 Å². The standard InChI is InChI=1S/C24H27F3N2O7S.C19H18F3NO6S.C2HF3O2/c25-24(26,27)16-35-18-6-4-17(5-7-18)20-9-8-19(15-28-20)37(31,32)23(10-13-33-14-11-23)22(30)29-36-21-3-1-2-12-34-21;20-19(21,22)12-29-14-3-1-13(2-4-14)16-6-5-15(11-23-16)30(26,27)18(17(24)25)7-9-28-10-8-18;3-2(4,5)1(6)7/h4-9,15,21H,1-3,10-14,16H2,(H,29,30);1-6,11H,7-10,12H2,(H,24,25);(H,6,7). The number of carbonyl (C=O) groups is 3. The SMILES string of the molecule is O=C(NOC1CCCCO1)C1(S(=O)(=O)c2ccc(-c3ccc(OCC(F)(F)F)cc3)nc2)CCOCC1.O=C(O)C(F)(F)F.O=C(O)C1(S(=O)(=O)c2ccc(-c3ccc(OCC(F)(F)F)cc3)nc2)CCOCC1. The van der Waals surface area contributed by atoms with Crippen molar-refractivity contribution in [3.63, 3.8) is 0 Å². The van der Waals surface area contributed by atoms with Gasteiger partial charge in [-0.15, -0.1) is 0 Å². The number of nitrogens with zero attached hydrogens (tertiary/aromatic N) is 2. The van der Waals surface area contributed by atoms with Gasteiger partial charge in [-0.05, 0) is 98.5 Å². The van der Waals surface area contributed by atoms with Gasteiger partial charge in [0.05, 0.1) is 21.2 Å². The van der Waals surface area contributed by atoms with Gasteiger partial charge in [-0.1, -0.05) is 0 Å². The van der Waals surface area contributed by atoms with Crippen molar-refractivity contribution in [2.45, 2.75) is 89.0 Å². The van der Waals surface area contributed by atoms with Gasteiger partial charge in [0.1, 0.15) is 11.5 Å². The van der Waals surface area contributed by atoms with Crippen LogP contribution in [0.1, 0.15) is 44.9 Å². The third-order valence-corrected chi connectivity index (χ3v) is 16.3. The van der Waals surface area contributed by atoms with E-state index < -0.39 is 85.0 Å². The number of nitrogens with one attached hydrogen (secondary N) is 1. The number of halogens is 9. The monoisotopic (exact) mass is 1100 g/mol. The molecule has 0 aliphatic carbocycles. The summed E-state index contributed by atoms with van der Waals surface area (Å²) < 4.78 is 180. The maximum absolute atomic E-state index is 13.7. The quantitative estimate of drug-likeness (QED) is 0.0826. The van der Waals surface area contributed by atoms with Crippen LogP contribution in [0.4, 0.5) is 39.5 Å². The second kappa shape index (κ2) is 24.5. The minimum atomic E-state index is -5.08. The van der Waals surface area contributed by atoms with Crippen LogP contribution in [-0.2, 0) is 53.1 Å². The first-order valence-electron chi connectivity index (χ1n) is 21.9. The maximum atomic E-state index is 13.7. The molecule has 0 spiro atoms. The zero-order chi connectivity index (χ0) is 54.6. The molecule has 0 saturated carbocycles. The lowest BCUT2D eigenvalue weighted by Gasteiger charge is -2.35. The van der Waals surface area contributed by atoms with E-state index in [0.29, 0.717) is 35.5 Å². The number of pyridine rings is 2. The number of ether oxygens (including phenoxy) is 5. The first-order valence-corrected chi connectivity index (χ1v) is 24.8. The van der Waals surface area contributed by atoms with Crippen LogP contribution in [-0.4, -0.2) is 135 Å². The van der Waals surface area contributed by atoms with Gasteiger partial charge in [-0.3, -0.25) is 19.6 Å². The van der Waals surface area contributed by atoms with Crippen molar-refractivity contribution in [1.29, 1.82) is 0 Å². The van der Waals surface area contributed by atoms with Crippen molar-refractivity contribution < 1.29 is 109 Å². The number of carboxylic acid groups (broad SMARTS) is 2. The number of benzene rings is 2. The Hall–Kier alpha value is -6.14. The van der Waals surface area contributed by atoms with Crippen LogP contribution in [0, 0.1) is 0 Å². The molecule has 5 heterocycles. The number of hydroxylamine groups is 1. The molecule has 3 saturated heterocycles. The van der Waals surface area contributed by atoms with Crippen LogP contribution in [0.2, 0.25) is 0 Å². The van der Waals surface area contributed by atoms with Gasteiger partial charge >= 0.3 is 30.5 Å². The fraction of sp³-hybridized carbons (Fsp3) is 0.444. The molecule has 3 fully saturated rings. The Morgan fingerprint density at radius 3 is 1.35 bits per heavy atom. The zero-order valence-corrected chi connectivity index (χ0v) is 40.0. The van der Waals surface area contributed by atoms with Crippen LogP contribution in [0.25, 0.3) is 22.5 Å². The molecule has 18 nitrogen and oxygen atoms in total. The molecule has 0 radical (unpaired) electrons. The van der Waals surface area contributed by atoms with Crippen molar-refractivity contribution in [2.75, 3.05) is 46.2 Å². The molecular weight excluding hydrogens is 1060 g/mol. The molecule has 29 heteroatoms. The maximum Gasteiger partial charge on any atom is 0.490 e. The normalized spacial score (nSPS) is 18.0. The van der Waals surface area contributed by atoms with Gasteiger partial charge in [0, 0.05) is 75.8 Å². The summed E-state index contributed by atoms with van der Waals surface area (Å²) in [4.78, 5) is 47.2. The number of amides is 1. The van der Waals surface area contributed by atoms with Crippen molar-refractivity contribution in [1.82, 2.24) is 15.4 Å². The van der Waals surface area contributed by atoms with Crippen molar-refractivity contribution in [2.24, 2.45) is 0 Å². The lowest BCUT2D eigenvalue weighted by molar-refractivity contribution is -0.202. The third kappa shape index (κ3) is 15.2. The summed E-state index contributed by atoms with van der Waals surface area (Å²) >= 11 is 0. The van der Waals surface area contributed by atoms with E-state index in [0.717, 1.165) is 25.2 Å². The van der Waals surface area contributed by atoms with Gasteiger partial charge in [0.25, 0.3) is 5.91 Å². The van der Waals surface area contributed by atoms with Crippen LogP contribution in [0.5, 0.6) is 11.5 Å². The van der Waals surface area contributed by atoms with Gasteiger partial charge in [-0.25, -0.2) is 31.9 Å². The zero-order valence-electron chi connectivity index (χ0n) is 38.4. The van der Waals surface area contributed by atoms with Crippen LogP contribution < -0.4 is 15.0 Å². The molecule has 4 aromatic rings. The molecule has 74 heavy (non-hydrogen) atoms. The number of rotatable bonds is 14. The molecule has 1 amide bonds. The Morgan fingerprint density at radius 2 is 1.01 bits per heavy atom. The first-order chi connectivity index (χ1) is 34.6. The van der Waals surface area contributed by atoms with Crippen molar-refractivity contribution >= 4 is 37.5 Å². The average molecular weight is 1100 g/mol. The molecule has 3 N–H and O–H groups in total. The minimum Gasteiger partial charge on any atom is -0.484 e. The molecule has 1 atom stereocenters. The molecule has 2 aromatic carbocycles. The van der Waals surface area contributed by atoms with E-state index in [1.54, 1.807) is 0 Å². The number of aliphatic carboxylic acids is 2. The van der Waals surface area contributed by atoms with Gasteiger partial charge in [0.15, 0.2) is 48.7 Å². The molecule has 3 aliphatic heterocycles. The summed E-state index contributed by atoms with van der Waals surface area (Å²) in [6.45, 7) is -2.09. The van der Waals surface area contributed by atoms with Crippen LogP contribution in [0.3, 0.4) is 0 Å². The largest absolute Gasteiger partial charge is 0.490 e. The Bertz CT molecular complexity index is 2730. The lowest BCUT2D eigenvalue weighted by atomic mass is 9.98. The highest BCUT2D eigenvalue weighted by atomic mass is 32.2. The summed E-state index contributed by atoms with van der Waals surface area (Å²) in [6, 6.07) is 16.9. The average Bonchev–Trinajstić information content (AvgIpc) is 3.37. The summed E-state index contributed by atoms with van der Waals surface area (Å²) in [6.07, 6.45) is -10.5. The minimum absolute atomic E-state index is 0.0261. The second-order valence-electron chi connectivity index (χ2n) is 16.3. The third-order valence-electron chi connectivity index (χ3n) is 11.3. The van der Waals surface area contributed by atoms with E-state index in [4.69, 9.17) is 33.7 Å². The first kappa shape index (κ1) is 58.7. The molecular formula is C45H46F9N3O15S2. The number of carbonyl (C=O) groups excluding carboxylic acids is 1. The molecule has 406 valence electrons. The number of hydrogen-bond acceptors (Lipinski definition) is 15. The Morgan fingerprint density at radius 1 is 0.608 bits per heavy atom. The predicted molar refractivity (Wildman–Crippen MR) is 237 cm³/mol. The van der Waals surface area contributed by atoms with Crippen LogP contribution >= 0.6 is 0 Å². The van der Waals surface area contributed by atoms with Crippen molar-refractivity contribution in [3.8, 4) is 34.0 Å². The highest BCUT2D eigenvalue weighted by molar-refractivity contribution is 7.94. The number of carboxylic acids is 2. The van der Waals surface area contributed by atoms with E-state index in [9.17, 15) is 71.0 Å². The lowest BCUT2D eigenvalue weighted by Crippen LogP contribution is -2.56. The highest BCUT2D eigenvalue weighted by Gasteiger charge is 2.54. The molecule has 7 rings (SSSR count). The van der Waals surface area contributed by atoms with Crippen molar-refractivity contribution in [3.05, 3.63) is 85.2 Å². The van der Waals surface area contributed by atoms with E-state index in [2.05, 4.69) is 20.2 Å². The number of hydrogen-bond donors (Lipinski definition) is 3. The smallest absolute Gasteiger partial charge is 0.484 e. The van der Waals surface area contributed by atoms with Gasteiger partial charge in [-0.2, -0.15) is 39.5 Å². The summed E-state index contributed by atoms with van der Waals surface area (Å²) in [5.74, 6) is -4.91. The van der Waals surface area contributed by atoms with Crippen LogP contribution in [0.15, 0.2) is 95.0 Å². The Balaban J connectivity index is 0.000000247. The summed E-state index contributed by atoms with van der Waals surface area (Å²) in [5, 5.41) is 16.7. The number of aromatic nitrogens is 2.